The minimum absolute atomic E-state index is 0.116. The summed E-state index contributed by atoms with van der Waals surface area (Å²) < 4.78 is 0. The molecule has 1 fully saturated rings. The van der Waals surface area contributed by atoms with Gasteiger partial charge in [0, 0.05) is 43.5 Å². The van der Waals surface area contributed by atoms with Gasteiger partial charge in [-0.05, 0) is 30.3 Å². The second-order valence-corrected chi connectivity index (χ2v) is 5.55. The van der Waals surface area contributed by atoms with E-state index in [-0.39, 0.29) is 17.6 Å². The van der Waals surface area contributed by atoms with Crippen molar-refractivity contribution in [3.8, 4) is 5.75 Å². The van der Waals surface area contributed by atoms with Crippen molar-refractivity contribution in [1.29, 1.82) is 0 Å². The van der Waals surface area contributed by atoms with E-state index in [2.05, 4.69) is 5.32 Å². The molecule has 1 amide bonds. The third kappa shape index (κ3) is 3.75. The Bertz CT molecular complexity index is 676. The average Bonchev–Trinajstić information content (AvgIpc) is 2.63. The number of hydrogen-bond donors (Lipinski definition) is 2. The highest BCUT2D eigenvalue weighted by Gasteiger charge is 2.21. The van der Waals surface area contributed by atoms with E-state index in [9.17, 15) is 14.7 Å². The molecule has 3 rings (SSSR count). The fraction of sp³-hybridized carbons (Fsp3) is 0.294. The first-order chi connectivity index (χ1) is 11.6. The van der Waals surface area contributed by atoms with Crippen molar-refractivity contribution in [3.63, 3.8) is 0 Å². The molecule has 0 aromatic heterocycles. The quantitative estimate of drug-likeness (QED) is 0.813. The van der Waals surface area contributed by atoms with Crippen molar-refractivity contribution in [2.75, 3.05) is 32.7 Å². The summed E-state index contributed by atoms with van der Waals surface area (Å²) in [4.78, 5) is 31.3. The molecule has 0 spiro atoms. The number of allylic oxidation sites excluding steroid dienone is 2. The molecule has 2 heterocycles. The molecular weight excluding hydrogens is 310 g/mol. The van der Waals surface area contributed by atoms with Gasteiger partial charge in [-0.25, -0.2) is 9.86 Å². The number of carbonyl (C=O) groups excluding carboxylic acids is 2. The van der Waals surface area contributed by atoms with E-state index in [1.807, 2.05) is 0 Å². The Morgan fingerprint density at radius 1 is 1.12 bits per heavy atom. The van der Waals surface area contributed by atoms with Crippen LogP contribution in [0.3, 0.4) is 0 Å². The number of phenolic OH excluding ortho intramolecular Hbond substituents is 1. The highest BCUT2D eigenvalue weighted by Crippen LogP contribution is 2.17. The second-order valence-electron chi connectivity index (χ2n) is 5.55. The lowest BCUT2D eigenvalue weighted by molar-refractivity contribution is -0.0671. The summed E-state index contributed by atoms with van der Waals surface area (Å²) in [5.74, 6) is -0.0231. The summed E-state index contributed by atoms with van der Waals surface area (Å²) in [6, 6.07) is 6.09. The summed E-state index contributed by atoms with van der Waals surface area (Å²) in [5.41, 5.74) is 1.02. The van der Waals surface area contributed by atoms with Crippen LogP contribution in [0.25, 0.3) is 0 Å². The fourth-order valence-electron chi connectivity index (χ4n) is 2.50. The second kappa shape index (κ2) is 7.18. The molecule has 7 heteroatoms. The molecular formula is C17H19N3O4. The van der Waals surface area contributed by atoms with Crippen LogP contribution < -0.4 is 5.32 Å². The van der Waals surface area contributed by atoms with Gasteiger partial charge in [-0.2, -0.15) is 0 Å². The van der Waals surface area contributed by atoms with Crippen molar-refractivity contribution in [2.45, 2.75) is 0 Å². The first kappa shape index (κ1) is 16.1. The predicted octanol–water partition coefficient (Wildman–Crippen LogP) is 1.29. The third-order valence-corrected chi connectivity index (χ3v) is 3.87. The molecule has 0 unspecified atom stereocenters. The van der Waals surface area contributed by atoms with E-state index in [1.54, 1.807) is 35.4 Å². The molecule has 2 aliphatic rings. The first-order valence-electron chi connectivity index (χ1n) is 7.80. The Labute approximate surface area is 139 Å². The number of hydroxylamine groups is 2. The number of nitrogens with one attached hydrogen (secondary N) is 1. The van der Waals surface area contributed by atoms with Crippen molar-refractivity contribution in [2.24, 2.45) is 0 Å². The lowest BCUT2D eigenvalue weighted by atomic mass is 10.0. The molecule has 0 saturated carbocycles. The summed E-state index contributed by atoms with van der Waals surface area (Å²) >= 11 is 0. The molecule has 126 valence electrons. The summed E-state index contributed by atoms with van der Waals surface area (Å²) in [5, 5.41) is 13.8. The van der Waals surface area contributed by atoms with Gasteiger partial charge in [-0.1, -0.05) is 6.08 Å². The van der Waals surface area contributed by atoms with Crippen LogP contribution in [0.4, 0.5) is 4.79 Å². The average molecular weight is 329 g/mol. The number of phenols is 1. The Balaban J connectivity index is 1.56. The van der Waals surface area contributed by atoms with E-state index in [4.69, 9.17) is 4.84 Å². The Morgan fingerprint density at radius 2 is 1.83 bits per heavy atom. The number of piperazine rings is 1. The number of aromatic hydroxyl groups is 1. The zero-order chi connectivity index (χ0) is 16.9. The maximum absolute atomic E-state index is 12.3. The molecule has 0 radical (unpaired) electrons. The minimum Gasteiger partial charge on any atom is -0.508 e. The van der Waals surface area contributed by atoms with Gasteiger partial charge in [0.25, 0.3) is 0 Å². The monoisotopic (exact) mass is 329 g/mol. The molecule has 1 saturated heterocycles. The number of ketones is 1. The molecule has 0 aliphatic carbocycles. The molecule has 1 aromatic carbocycles. The molecule has 24 heavy (non-hydrogen) atoms. The summed E-state index contributed by atoms with van der Waals surface area (Å²) in [7, 11) is 0. The largest absolute Gasteiger partial charge is 0.508 e. The lowest BCUT2D eigenvalue weighted by Gasteiger charge is -2.29. The zero-order valence-corrected chi connectivity index (χ0v) is 13.1. The molecule has 7 nitrogen and oxygen atoms in total. The van der Waals surface area contributed by atoms with E-state index in [1.165, 1.54) is 17.2 Å². The van der Waals surface area contributed by atoms with Crippen LogP contribution in [-0.2, 0) is 4.84 Å². The van der Waals surface area contributed by atoms with Crippen LogP contribution in [-0.4, -0.2) is 59.7 Å². The number of benzene rings is 1. The van der Waals surface area contributed by atoms with Crippen LogP contribution in [0.2, 0.25) is 0 Å². The predicted molar refractivity (Wildman–Crippen MR) is 87.3 cm³/mol. The van der Waals surface area contributed by atoms with E-state index in [0.29, 0.717) is 30.8 Å². The Kier molecular flexibility index (Phi) is 4.81. The van der Waals surface area contributed by atoms with Crippen LogP contribution >= 0.6 is 0 Å². The molecule has 0 atom stereocenters. The van der Waals surface area contributed by atoms with Crippen molar-refractivity contribution in [1.82, 2.24) is 15.3 Å². The molecule has 2 N–H and O–H groups in total. The highest BCUT2D eigenvalue weighted by molar-refractivity contribution is 6.10. The van der Waals surface area contributed by atoms with E-state index >= 15 is 0 Å². The van der Waals surface area contributed by atoms with Gasteiger partial charge in [0.05, 0.1) is 6.54 Å². The van der Waals surface area contributed by atoms with Crippen molar-refractivity contribution < 1.29 is 19.5 Å². The SMILES string of the molecule is O=C(C1=CCN(OC(=O)N2CCNCC2)C=C1)c1ccc(O)cc1. The topological polar surface area (TPSA) is 82.1 Å². The van der Waals surface area contributed by atoms with Crippen molar-refractivity contribution in [3.05, 3.63) is 53.8 Å². The number of rotatable bonds is 3. The Morgan fingerprint density at radius 3 is 2.46 bits per heavy atom. The number of hydrogen-bond acceptors (Lipinski definition) is 6. The highest BCUT2D eigenvalue weighted by atomic mass is 16.7. The fourth-order valence-corrected chi connectivity index (χ4v) is 2.50. The van der Waals surface area contributed by atoms with Crippen LogP contribution in [0, 0.1) is 0 Å². The maximum atomic E-state index is 12.3. The normalized spacial score (nSPS) is 17.4. The van der Waals surface area contributed by atoms with E-state index in [0.717, 1.165) is 13.1 Å². The van der Waals surface area contributed by atoms with Crippen LogP contribution in [0.15, 0.2) is 48.2 Å². The summed E-state index contributed by atoms with van der Waals surface area (Å²) in [6.45, 7) is 3.08. The van der Waals surface area contributed by atoms with Crippen LogP contribution in [0.5, 0.6) is 5.75 Å². The Hall–Kier alpha value is -2.80. The van der Waals surface area contributed by atoms with Gasteiger partial charge >= 0.3 is 6.09 Å². The van der Waals surface area contributed by atoms with Gasteiger partial charge in [0.2, 0.25) is 0 Å². The van der Waals surface area contributed by atoms with Crippen LogP contribution in [0.1, 0.15) is 10.4 Å². The number of nitrogens with zero attached hydrogens (tertiary/aromatic N) is 2. The maximum Gasteiger partial charge on any atom is 0.434 e. The number of amides is 1. The van der Waals surface area contributed by atoms with Gasteiger partial charge in [0.15, 0.2) is 5.78 Å². The first-order valence-corrected chi connectivity index (χ1v) is 7.80. The minimum atomic E-state index is -0.386. The van der Waals surface area contributed by atoms with Gasteiger partial charge in [-0.15, -0.1) is 0 Å². The lowest BCUT2D eigenvalue weighted by Crippen LogP contribution is -2.47. The van der Waals surface area contributed by atoms with Gasteiger partial charge in [0.1, 0.15) is 5.75 Å². The zero-order valence-electron chi connectivity index (χ0n) is 13.1. The number of carbonyl (C=O) groups is 2. The third-order valence-electron chi connectivity index (χ3n) is 3.87. The number of Topliss-reactive ketones (excluding diaryl/α,β-unsaturated/α-hetero) is 1. The molecule has 2 aliphatic heterocycles. The summed E-state index contributed by atoms with van der Waals surface area (Å²) in [6.07, 6.45) is 4.51. The van der Waals surface area contributed by atoms with Gasteiger partial charge < -0.3 is 20.2 Å². The smallest absolute Gasteiger partial charge is 0.434 e. The van der Waals surface area contributed by atoms with Crippen molar-refractivity contribution >= 4 is 11.9 Å². The molecule has 1 aromatic rings. The standard InChI is InChI=1S/C17H19N3O4/c21-15-3-1-13(2-4-15)16(22)14-5-9-20(10-6-14)24-17(23)19-11-7-18-8-12-19/h1-6,9,18,21H,7-8,10-12H2. The van der Waals surface area contributed by atoms with E-state index < -0.39 is 0 Å². The van der Waals surface area contributed by atoms with Gasteiger partial charge in [-0.3, -0.25) is 4.79 Å². The molecule has 0 bridgehead atoms.